The second-order valence-electron chi connectivity index (χ2n) is 3.45. The van der Waals surface area contributed by atoms with E-state index in [1.54, 1.807) is 0 Å². The molecule has 1 aliphatic rings. The van der Waals surface area contributed by atoms with E-state index in [0.29, 0.717) is 18.4 Å². The topological polar surface area (TPSA) is 43.4 Å². The van der Waals surface area contributed by atoms with E-state index < -0.39 is 9.05 Å². The van der Waals surface area contributed by atoms with Crippen molar-refractivity contribution in [2.24, 2.45) is 5.92 Å². The number of rotatable bonds is 5. The summed E-state index contributed by atoms with van der Waals surface area (Å²) in [5, 5.41) is 0. The van der Waals surface area contributed by atoms with Gasteiger partial charge in [0.1, 0.15) is 0 Å². The largest absolute Gasteiger partial charge is 0.378 e. The summed E-state index contributed by atoms with van der Waals surface area (Å²) in [7, 11) is 1.80. The van der Waals surface area contributed by atoms with E-state index in [-0.39, 0.29) is 5.75 Å². The Morgan fingerprint density at radius 3 is 2.54 bits per heavy atom. The minimum absolute atomic E-state index is 0.0953. The second kappa shape index (κ2) is 4.62. The molecule has 0 amide bonds. The summed E-state index contributed by atoms with van der Waals surface area (Å²) in [5.74, 6) is 0.586. The Labute approximate surface area is 83.8 Å². The average molecular weight is 227 g/mol. The average Bonchev–Trinajstić information content (AvgIpc) is 1.91. The lowest BCUT2D eigenvalue weighted by Gasteiger charge is -2.34. The lowest BCUT2D eigenvalue weighted by Crippen LogP contribution is -2.32. The summed E-state index contributed by atoms with van der Waals surface area (Å²) in [6, 6.07) is 0. The molecule has 0 atom stereocenters. The van der Waals surface area contributed by atoms with Crippen LogP contribution in [0.5, 0.6) is 0 Å². The van der Waals surface area contributed by atoms with Gasteiger partial charge in [0.15, 0.2) is 0 Å². The molecule has 1 fully saturated rings. The van der Waals surface area contributed by atoms with Crippen molar-refractivity contribution in [3.8, 4) is 0 Å². The Balaban J connectivity index is 2.09. The molecular weight excluding hydrogens is 212 g/mol. The van der Waals surface area contributed by atoms with Crippen LogP contribution in [-0.2, 0) is 13.8 Å². The number of ether oxygens (including phenoxy) is 1. The lowest BCUT2D eigenvalue weighted by molar-refractivity contribution is -0.0249. The molecular formula is C8H15ClO3S. The van der Waals surface area contributed by atoms with Crippen molar-refractivity contribution in [2.45, 2.75) is 32.3 Å². The first-order chi connectivity index (χ1) is 6.01. The quantitative estimate of drug-likeness (QED) is 0.671. The fraction of sp³-hybridized carbons (Fsp3) is 1.00. The molecule has 78 valence electrons. The first-order valence-corrected chi connectivity index (χ1v) is 7.03. The SMILES string of the molecule is CCOC1CC(CCS(=O)(=O)Cl)C1. The Hall–Kier alpha value is 0.200. The molecule has 0 bridgehead atoms. The monoisotopic (exact) mass is 226 g/mol. The van der Waals surface area contributed by atoms with Crippen LogP contribution in [0, 0.1) is 5.92 Å². The molecule has 0 aromatic heterocycles. The third kappa shape index (κ3) is 4.29. The zero-order valence-electron chi connectivity index (χ0n) is 7.70. The standard InChI is InChI=1S/C8H15ClO3S/c1-2-12-8-5-7(6-8)3-4-13(9,10)11/h7-8H,2-6H2,1H3. The van der Waals surface area contributed by atoms with E-state index >= 15 is 0 Å². The molecule has 0 unspecified atom stereocenters. The van der Waals surface area contributed by atoms with Gasteiger partial charge in [0.25, 0.3) is 0 Å². The minimum Gasteiger partial charge on any atom is -0.378 e. The third-order valence-corrected chi connectivity index (χ3v) is 3.55. The summed E-state index contributed by atoms with van der Waals surface area (Å²) in [4.78, 5) is 0. The van der Waals surface area contributed by atoms with Crippen molar-refractivity contribution in [2.75, 3.05) is 12.4 Å². The normalized spacial score (nSPS) is 28.5. The Morgan fingerprint density at radius 2 is 2.08 bits per heavy atom. The van der Waals surface area contributed by atoms with Crippen LogP contribution in [0.25, 0.3) is 0 Å². The Morgan fingerprint density at radius 1 is 1.46 bits per heavy atom. The van der Waals surface area contributed by atoms with E-state index in [0.717, 1.165) is 19.4 Å². The third-order valence-electron chi connectivity index (χ3n) is 2.36. The number of hydrogen-bond donors (Lipinski definition) is 0. The molecule has 13 heavy (non-hydrogen) atoms. The van der Waals surface area contributed by atoms with Gasteiger partial charge < -0.3 is 4.74 Å². The van der Waals surface area contributed by atoms with Gasteiger partial charge in [-0.15, -0.1) is 0 Å². The molecule has 0 aromatic carbocycles. The van der Waals surface area contributed by atoms with Crippen LogP contribution < -0.4 is 0 Å². The van der Waals surface area contributed by atoms with E-state index in [1.165, 1.54) is 0 Å². The molecule has 0 aliphatic heterocycles. The van der Waals surface area contributed by atoms with Crippen molar-refractivity contribution in [3.63, 3.8) is 0 Å². The predicted molar refractivity (Wildman–Crippen MR) is 52.4 cm³/mol. The fourth-order valence-electron chi connectivity index (χ4n) is 1.59. The van der Waals surface area contributed by atoms with Crippen LogP contribution in [0.4, 0.5) is 0 Å². The lowest BCUT2D eigenvalue weighted by atomic mass is 9.80. The molecule has 1 rings (SSSR count). The summed E-state index contributed by atoms with van der Waals surface area (Å²) >= 11 is 0. The number of halogens is 1. The van der Waals surface area contributed by atoms with Gasteiger partial charge in [0.2, 0.25) is 9.05 Å². The summed E-state index contributed by atoms with van der Waals surface area (Å²) in [5.41, 5.74) is 0. The second-order valence-corrected chi connectivity index (χ2v) is 6.34. The highest BCUT2D eigenvalue weighted by atomic mass is 35.7. The predicted octanol–water partition coefficient (Wildman–Crippen LogP) is 1.76. The van der Waals surface area contributed by atoms with Crippen LogP contribution in [0.1, 0.15) is 26.2 Å². The molecule has 1 aliphatic carbocycles. The maximum atomic E-state index is 10.6. The van der Waals surface area contributed by atoms with Gasteiger partial charge in [-0.3, -0.25) is 0 Å². The van der Waals surface area contributed by atoms with Gasteiger partial charge in [-0.1, -0.05) is 0 Å². The zero-order valence-corrected chi connectivity index (χ0v) is 9.27. The first-order valence-electron chi connectivity index (χ1n) is 4.55. The van der Waals surface area contributed by atoms with Crippen LogP contribution >= 0.6 is 10.7 Å². The van der Waals surface area contributed by atoms with Crippen molar-refractivity contribution in [1.29, 1.82) is 0 Å². The molecule has 0 aromatic rings. The Kier molecular flexibility index (Phi) is 4.01. The minimum atomic E-state index is -3.29. The fourth-order valence-corrected chi connectivity index (χ4v) is 2.47. The van der Waals surface area contributed by atoms with Crippen LogP contribution in [0.2, 0.25) is 0 Å². The van der Waals surface area contributed by atoms with Crippen LogP contribution in [0.15, 0.2) is 0 Å². The molecule has 0 heterocycles. The Bertz CT molecular complexity index is 244. The zero-order chi connectivity index (χ0) is 9.90. The van der Waals surface area contributed by atoms with Crippen LogP contribution in [0.3, 0.4) is 0 Å². The van der Waals surface area contributed by atoms with E-state index in [9.17, 15) is 8.42 Å². The van der Waals surface area contributed by atoms with E-state index in [1.807, 2.05) is 6.92 Å². The van der Waals surface area contributed by atoms with Crippen molar-refractivity contribution < 1.29 is 13.2 Å². The molecule has 0 spiro atoms. The molecule has 5 heteroatoms. The molecule has 0 N–H and O–H groups in total. The summed E-state index contributed by atoms with van der Waals surface area (Å²) < 4.78 is 26.6. The van der Waals surface area contributed by atoms with Gasteiger partial charge in [-0.2, -0.15) is 0 Å². The summed E-state index contributed by atoms with van der Waals surface area (Å²) in [6.07, 6.45) is 3.00. The van der Waals surface area contributed by atoms with E-state index in [4.69, 9.17) is 15.4 Å². The molecule has 0 saturated heterocycles. The van der Waals surface area contributed by atoms with Crippen molar-refractivity contribution in [1.82, 2.24) is 0 Å². The highest BCUT2D eigenvalue weighted by Crippen LogP contribution is 2.33. The van der Waals surface area contributed by atoms with Crippen LogP contribution in [-0.4, -0.2) is 26.9 Å². The highest BCUT2D eigenvalue weighted by molar-refractivity contribution is 8.13. The van der Waals surface area contributed by atoms with Gasteiger partial charge in [0, 0.05) is 17.3 Å². The van der Waals surface area contributed by atoms with Gasteiger partial charge in [-0.25, -0.2) is 8.42 Å². The van der Waals surface area contributed by atoms with Crippen molar-refractivity contribution >= 4 is 19.7 Å². The van der Waals surface area contributed by atoms with Gasteiger partial charge in [0.05, 0.1) is 11.9 Å². The van der Waals surface area contributed by atoms with E-state index in [2.05, 4.69) is 0 Å². The molecule has 0 radical (unpaired) electrons. The first kappa shape index (κ1) is 11.3. The number of hydrogen-bond acceptors (Lipinski definition) is 3. The maximum absolute atomic E-state index is 10.6. The maximum Gasteiger partial charge on any atom is 0.232 e. The van der Waals surface area contributed by atoms with Gasteiger partial charge in [-0.05, 0) is 32.1 Å². The van der Waals surface area contributed by atoms with Gasteiger partial charge >= 0.3 is 0 Å². The smallest absolute Gasteiger partial charge is 0.232 e. The molecule has 3 nitrogen and oxygen atoms in total. The highest BCUT2D eigenvalue weighted by Gasteiger charge is 2.29. The molecule has 1 saturated carbocycles. The summed E-state index contributed by atoms with van der Waals surface area (Å²) in [6.45, 7) is 2.71. The van der Waals surface area contributed by atoms with Crippen molar-refractivity contribution in [3.05, 3.63) is 0 Å².